The number of aryl methyl sites for hydroxylation is 2. The second-order valence-electron chi connectivity index (χ2n) is 5.01. The summed E-state index contributed by atoms with van der Waals surface area (Å²) in [4.78, 5) is 0. The lowest BCUT2D eigenvalue weighted by Gasteiger charge is -2.14. The van der Waals surface area contributed by atoms with Gasteiger partial charge in [-0.25, -0.2) is 0 Å². The maximum atomic E-state index is 6.19. The van der Waals surface area contributed by atoms with Crippen molar-refractivity contribution in [2.24, 2.45) is 0 Å². The SMILES string of the molecule is CCNCc1ccc(Cl)cc1Oc1cc(C)c(Cl)c(C)c1. The number of rotatable bonds is 5. The molecule has 4 heteroatoms. The van der Waals surface area contributed by atoms with Gasteiger partial charge in [0, 0.05) is 22.2 Å². The van der Waals surface area contributed by atoms with Crippen LogP contribution in [-0.4, -0.2) is 6.54 Å². The molecule has 0 saturated heterocycles. The molecule has 1 N–H and O–H groups in total. The lowest BCUT2D eigenvalue weighted by Crippen LogP contribution is -2.12. The predicted octanol–water partition coefficient (Wildman–Crippen LogP) is 5.51. The van der Waals surface area contributed by atoms with E-state index in [1.54, 1.807) is 0 Å². The molecule has 0 spiro atoms. The molecule has 0 amide bonds. The van der Waals surface area contributed by atoms with Gasteiger partial charge in [0.15, 0.2) is 0 Å². The molecule has 0 aliphatic rings. The van der Waals surface area contributed by atoms with Crippen LogP contribution in [-0.2, 0) is 6.54 Å². The summed E-state index contributed by atoms with van der Waals surface area (Å²) in [5.41, 5.74) is 3.08. The molecule has 112 valence electrons. The fourth-order valence-electron chi connectivity index (χ4n) is 2.12. The summed E-state index contributed by atoms with van der Waals surface area (Å²) in [5.74, 6) is 1.54. The molecule has 0 aromatic heterocycles. The van der Waals surface area contributed by atoms with Crippen LogP contribution in [0.25, 0.3) is 0 Å². The molecular weight excluding hydrogens is 305 g/mol. The average molecular weight is 324 g/mol. The third kappa shape index (κ3) is 4.13. The first kappa shape index (κ1) is 16.2. The van der Waals surface area contributed by atoms with Gasteiger partial charge in [-0.1, -0.05) is 36.2 Å². The first-order valence-electron chi connectivity index (χ1n) is 6.95. The summed E-state index contributed by atoms with van der Waals surface area (Å²) in [6, 6.07) is 9.57. The van der Waals surface area contributed by atoms with Crippen molar-refractivity contribution in [2.75, 3.05) is 6.54 Å². The van der Waals surface area contributed by atoms with Gasteiger partial charge in [0.1, 0.15) is 11.5 Å². The zero-order chi connectivity index (χ0) is 15.4. The van der Waals surface area contributed by atoms with E-state index in [0.29, 0.717) is 5.02 Å². The average Bonchev–Trinajstić information content (AvgIpc) is 2.44. The first-order chi connectivity index (χ1) is 10.0. The van der Waals surface area contributed by atoms with Gasteiger partial charge in [0.25, 0.3) is 0 Å². The van der Waals surface area contributed by atoms with Crippen molar-refractivity contribution in [1.29, 1.82) is 0 Å². The number of halogens is 2. The highest BCUT2D eigenvalue weighted by molar-refractivity contribution is 6.32. The van der Waals surface area contributed by atoms with Crippen molar-refractivity contribution < 1.29 is 4.74 Å². The molecule has 2 aromatic carbocycles. The van der Waals surface area contributed by atoms with Gasteiger partial charge >= 0.3 is 0 Å². The quantitative estimate of drug-likeness (QED) is 0.783. The minimum absolute atomic E-state index is 0.660. The van der Waals surface area contributed by atoms with Crippen molar-refractivity contribution in [3.8, 4) is 11.5 Å². The minimum atomic E-state index is 0.660. The predicted molar refractivity (Wildman–Crippen MR) is 89.8 cm³/mol. The summed E-state index contributed by atoms with van der Waals surface area (Å²) in [5, 5.41) is 4.74. The highest BCUT2D eigenvalue weighted by Crippen LogP contribution is 2.32. The number of benzene rings is 2. The van der Waals surface area contributed by atoms with E-state index >= 15 is 0 Å². The molecule has 0 fully saturated rings. The fourth-order valence-corrected chi connectivity index (χ4v) is 2.39. The molecule has 0 saturated carbocycles. The van der Waals surface area contributed by atoms with E-state index < -0.39 is 0 Å². The van der Waals surface area contributed by atoms with Crippen molar-refractivity contribution in [1.82, 2.24) is 5.32 Å². The second-order valence-corrected chi connectivity index (χ2v) is 5.82. The third-order valence-corrected chi connectivity index (χ3v) is 4.06. The second kappa shape index (κ2) is 7.17. The van der Waals surface area contributed by atoms with E-state index in [9.17, 15) is 0 Å². The minimum Gasteiger partial charge on any atom is -0.457 e. The van der Waals surface area contributed by atoms with Gasteiger partial charge in [0.2, 0.25) is 0 Å². The summed E-state index contributed by atoms with van der Waals surface area (Å²) in [7, 11) is 0. The molecule has 0 atom stereocenters. The number of ether oxygens (including phenoxy) is 1. The Hall–Kier alpha value is -1.22. The summed E-state index contributed by atoms with van der Waals surface area (Å²) < 4.78 is 6.02. The van der Waals surface area contributed by atoms with Gasteiger partial charge < -0.3 is 10.1 Å². The molecule has 0 unspecified atom stereocenters. The Labute approximate surface area is 136 Å². The molecule has 0 heterocycles. The maximum Gasteiger partial charge on any atom is 0.133 e. The Morgan fingerprint density at radius 1 is 1.05 bits per heavy atom. The Morgan fingerprint density at radius 2 is 1.71 bits per heavy atom. The van der Waals surface area contributed by atoms with Crippen molar-refractivity contribution in [2.45, 2.75) is 27.3 Å². The largest absolute Gasteiger partial charge is 0.457 e. The standard InChI is InChI=1S/C17H19Cl2NO/c1-4-20-10-13-5-6-14(18)9-16(13)21-15-7-11(2)17(19)12(3)8-15/h5-9,20H,4,10H2,1-3H3. The van der Waals surface area contributed by atoms with Crippen LogP contribution >= 0.6 is 23.2 Å². The van der Waals surface area contributed by atoms with Crippen LogP contribution in [0.15, 0.2) is 30.3 Å². The van der Waals surface area contributed by atoms with Crippen molar-refractivity contribution in [3.63, 3.8) is 0 Å². The van der Waals surface area contributed by atoms with E-state index in [0.717, 1.165) is 46.3 Å². The maximum absolute atomic E-state index is 6.19. The van der Waals surface area contributed by atoms with Crippen LogP contribution in [0.2, 0.25) is 10.0 Å². The summed E-state index contributed by atoms with van der Waals surface area (Å²) in [6.07, 6.45) is 0. The Kier molecular flexibility index (Phi) is 5.51. The smallest absolute Gasteiger partial charge is 0.133 e. The lowest BCUT2D eigenvalue weighted by atomic mass is 10.1. The Morgan fingerprint density at radius 3 is 2.33 bits per heavy atom. The topological polar surface area (TPSA) is 21.3 Å². The molecule has 0 radical (unpaired) electrons. The highest BCUT2D eigenvalue weighted by atomic mass is 35.5. The van der Waals surface area contributed by atoms with Crippen LogP contribution in [0.4, 0.5) is 0 Å². The van der Waals surface area contributed by atoms with Crippen molar-refractivity contribution >= 4 is 23.2 Å². The molecule has 0 bridgehead atoms. The molecule has 0 aliphatic heterocycles. The van der Waals surface area contributed by atoms with E-state index in [1.165, 1.54) is 0 Å². The van der Waals surface area contributed by atoms with Crippen LogP contribution in [0, 0.1) is 13.8 Å². The monoisotopic (exact) mass is 323 g/mol. The summed E-state index contributed by atoms with van der Waals surface area (Å²) in [6.45, 7) is 7.66. The van der Waals surface area contributed by atoms with Gasteiger partial charge in [-0.05, 0) is 55.8 Å². The molecule has 2 rings (SSSR count). The third-order valence-electron chi connectivity index (χ3n) is 3.23. The van der Waals surface area contributed by atoms with Gasteiger partial charge in [0.05, 0.1) is 0 Å². The van der Waals surface area contributed by atoms with Gasteiger partial charge in [-0.15, -0.1) is 0 Å². The molecular formula is C17H19Cl2NO. The van der Waals surface area contributed by atoms with Crippen LogP contribution in [0.5, 0.6) is 11.5 Å². The molecule has 2 nitrogen and oxygen atoms in total. The Bertz CT molecular complexity index is 618. The normalized spacial score (nSPS) is 10.7. The van der Waals surface area contributed by atoms with Gasteiger partial charge in [-0.3, -0.25) is 0 Å². The van der Waals surface area contributed by atoms with Gasteiger partial charge in [-0.2, -0.15) is 0 Å². The lowest BCUT2D eigenvalue weighted by molar-refractivity contribution is 0.472. The Balaban J connectivity index is 2.32. The van der Waals surface area contributed by atoms with Crippen LogP contribution in [0.3, 0.4) is 0 Å². The molecule has 21 heavy (non-hydrogen) atoms. The van der Waals surface area contributed by atoms with E-state index in [2.05, 4.69) is 12.2 Å². The van der Waals surface area contributed by atoms with Crippen LogP contribution in [0.1, 0.15) is 23.6 Å². The molecule has 2 aromatic rings. The zero-order valence-corrected chi connectivity index (χ0v) is 14.0. The van der Waals surface area contributed by atoms with E-state index in [-0.39, 0.29) is 0 Å². The highest BCUT2D eigenvalue weighted by Gasteiger charge is 2.09. The summed E-state index contributed by atoms with van der Waals surface area (Å²) >= 11 is 12.3. The first-order valence-corrected chi connectivity index (χ1v) is 7.70. The fraction of sp³-hybridized carbons (Fsp3) is 0.294. The van der Waals surface area contributed by atoms with Crippen LogP contribution < -0.4 is 10.1 Å². The van der Waals surface area contributed by atoms with Crippen molar-refractivity contribution in [3.05, 3.63) is 57.1 Å². The number of nitrogens with one attached hydrogen (secondary N) is 1. The van der Waals surface area contributed by atoms with E-state index in [4.69, 9.17) is 27.9 Å². The molecule has 0 aliphatic carbocycles. The number of hydrogen-bond acceptors (Lipinski definition) is 2. The zero-order valence-electron chi connectivity index (χ0n) is 12.5. The van der Waals surface area contributed by atoms with E-state index in [1.807, 2.05) is 44.2 Å². The number of hydrogen-bond donors (Lipinski definition) is 1.